The van der Waals surface area contributed by atoms with E-state index < -0.39 is 5.60 Å². The van der Waals surface area contributed by atoms with E-state index in [9.17, 15) is 4.39 Å². The van der Waals surface area contributed by atoms with Gasteiger partial charge in [0, 0.05) is 6.54 Å². The van der Waals surface area contributed by atoms with E-state index in [-0.39, 0.29) is 11.9 Å². The Morgan fingerprint density at radius 1 is 1.44 bits per heavy atom. The molecule has 2 saturated heterocycles. The molecule has 4 heteroatoms. The van der Waals surface area contributed by atoms with E-state index in [1.807, 2.05) is 6.07 Å². The summed E-state index contributed by atoms with van der Waals surface area (Å²) < 4.78 is 24.6. The summed E-state index contributed by atoms with van der Waals surface area (Å²) in [5.41, 5.74) is 0.435. The molecule has 2 atom stereocenters. The first kappa shape index (κ1) is 10.2. The highest BCUT2D eigenvalue weighted by Crippen LogP contribution is 2.40. The Morgan fingerprint density at radius 2 is 2.38 bits per heavy atom. The molecule has 0 spiro atoms. The second-order valence-corrected chi connectivity index (χ2v) is 4.27. The van der Waals surface area contributed by atoms with Gasteiger partial charge in [0.15, 0.2) is 0 Å². The number of fused-ring (bicyclic) bond motifs is 1. The normalized spacial score (nSPS) is 33.7. The number of rotatable bonds is 1. The van der Waals surface area contributed by atoms with Crippen molar-refractivity contribution in [3.63, 3.8) is 0 Å². The molecule has 2 fully saturated rings. The van der Waals surface area contributed by atoms with Gasteiger partial charge in [0.05, 0.1) is 0 Å². The molecule has 1 aromatic rings. The summed E-state index contributed by atoms with van der Waals surface area (Å²) in [6.07, 6.45) is 0.809. The Bertz CT molecular complexity index is 398. The van der Waals surface area contributed by atoms with Crippen molar-refractivity contribution in [2.45, 2.75) is 18.1 Å². The molecule has 2 heterocycles. The Kier molecular flexibility index (Phi) is 2.42. The van der Waals surface area contributed by atoms with Crippen LogP contribution in [0.1, 0.15) is 12.0 Å². The average Bonchev–Trinajstić information content (AvgIpc) is 2.73. The van der Waals surface area contributed by atoms with Crippen molar-refractivity contribution >= 4 is 0 Å². The van der Waals surface area contributed by atoms with Crippen LogP contribution in [0, 0.1) is 5.82 Å². The fourth-order valence-corrected chi connectivity index (χ4v) is 2.58. The minimum atomic E-state index is -0.451. The maximum Gasteiger partial charge on any atom is 0.148 e. The van der Waals surface area contributed by atoms with Crippen molar-refractivity contribution in [2.24, 2.45) is 0 Å². The summed E-state index contributed by atoms with van der Waals surface area (Å²) >= 11 is 0. The first-order valence-corrected chi connectivity index (χ1v) is 5.54. The van der Waals surface area contributed by atoms with Crippen LogP contribution in [0.25, 0.3) is 0 Å². The number of benzene rings is 1. The zero-order valence-electron chi connectivity index (χ0n) is 8.91. The fourth-order valence-electron chi connectivity index (χ4n) is 2.58. The van der Waals surface area contributed by atoms with Gasteiger partial charge in [-0.25, -0.2) is 4.39 Å². The van der Waals surface area contributed by atoms with Gasteiger partial charge in [0.2, 0.25) is 0 Å². The van der Waals surface area contributed by atoms with Crippen LogP contribution in [0.15, 0.2) is 24.3 Å². The summed E-state index contributed by atoms with van der Waals surface area (Å²) in [4.78, 5) is 0. The molecular weight excluding hydrogens is 209 g/mol. The number of ether oxygens (including phenoxy) is 2. The predicted molar refractivity (Wildman–Crippen MR) is 56.4 cm³/mol. The SMILES string of the molecule is Fc1cccc([C@]23CCNC[C@H]2OCO3)c1. The van der Waals surface area contributed by atoms with Gasteiger partial charge >= 0.3 is 0 Å². The smallest absolute Gasteiger partial charge is 0.148 e. The van der Waals surface area contributed by atoms with Gasteiger partial charge in [-0.1, -0.05) is 12.1 Å². The van der Waals surface area contributed by atoms with Gasteiger partial charge in [0.1, 0.15) is 24.3 Å². The number of hydrogen-bond donors (Lipinski definition) is 1. The second kappa shape index (κ2) is 3.80. The molecule has 0 amide bonds. The van der Waals surface area contributed by atoms with Gasteiger partial charge in [0.25, 0.3) is 0 Å². The van der Waals surface area contributed by atoms with Crippen LogP contribution in [-0.4, -0.2) is 26.0 Å². The minimum Gasteiger partial charge on any atom is -0.347 e. The van der Waals surface area contributed by atoms with Crippen LogP contribution in [0.3, 0.4) is 0 Å². The molecule has 2 aliphatic heterocycles. The molecule has 0 bridgehead atoms. The summed E-state index contributed by atoms with van der Waals surface area (Å²) in [5.74, 6) is -0.223. The quantitative estimate of drug-likeness (QED) is 0.780. The number of halogens is 1. The zero-order valence-corrected chi connectivity index (χ0v) is 8.91. The summed E-state index contributed by atoms with van der Waals surface area (Å²) in [6.45, 7) is 1.93. The highest BCUT2D eigenvalue weighted by molar-refractivity contribution is 5.27. The first-order chi connectivity index (χ1) is 7.81. The molecule has 0 aromatic heterocycles. The van der Waals surface area contributed by atoms with Crippen molar-refractivity contribution in [1.82, 2.24) is 5.32 Å². The number of piperidine rings is 1. The molecule has 3 rings (SSSR count). The lowest BCUT2D eigenvalue weighted by Crippen LogP contribution is -2.50. The Labute approximate surface area is 93.6 Å². The van der Waals surface area contributed by atoms with Crippen LogP contribution >= 0.6 is 0 Å². The molecule has 0 unspecified atom stereocenters. The van der Waals surface area contributed by atoms with E-state index in [2.05, 4.69) is 5.32 Å². The van der Waals surface area contributed by atoms with Crippen molar-refractivity contribution < 1.29 is 13.9 Å². The maximum atomic E-state index is 13.3. The van der Waals surface area contributed by atoms with Crippen LogP contribution in [0.2, 0.25) is 0 Å². The lowest BCUT2D eigenvalue weighted by molar-refractivity contribution is -0.0269. The molecule has 0 aliphatic carbocycles. The molecule has 1 aromatic carbocycles. The van der Waals surface area contributed by atoms with Crippen LogP contribution < -0.4 is 5.32 Å². The third-order valence-electron chi connectivity index (χ3n) is 3.42. The standard InChI is InChI=1S/C12H14FNO2/c13-10-3-1-2-9(6-10)12-4-5-14-7-11(12)15-8-16-12/h1-3,6,11,14H,4-5,7-8H2/t11-,12-/m1/s1. The van der Waals surface area contributed by atoms with Crippen LogP contribution in [-0.2, 0) is 15.1 Å². The number of hydrogen-bond acceptors (Lipinski definition) is 3. The number of nitrogens with one attached hydrogen (secondary N) is 1. The van der Waals surface area contributed by atoms with E-state index in [0.717, 1.165) is 25.1 Å². The van der Waals surface area contributed by atoms with Gasteiger partial charge in [-0.2, -0.15) is 0 Å². The molecule has 86 valence electrons. The Hall–Kier alpha value is -0.970. The largest absolute Gasteiger partial charge is 0.347 e. The highest BCUT2D eigenvalue weighted by atomic mass is 19.1. The first-order valence-electron chi connectivity index (χ1n) is 5.54. The van der Waals surface area contributed by atoms with Gasteiger partial charge < -0.3 is 14.8 Å². The topological polar surface area (TPSA) is 30.5 Å². The summed E-state index contributed by atoms with van der Waals surface area (Å²) in [6, 6.07) is 6.63. The summed E-state index contributed by atoms with van der Waals surface area (Å²) in [7, 11) is 0. The molecule has 0 saturated carbocycles. The van der Waals surface area contributed by atoms with E-state index in [0.29, 0.717) is 6.79 Å². The molecule has 1 N–H and O–H groups in total. The van der Waals surface area contributed by atoms with E-state index in [1.165, 1.54) is 6.07 Å². The zero-order chi connectivity index (χ0) is 11.0. The lowest BCUT2D eigenvalue weighted by atomic mass is 9.83. The van der Waals surface area contributed by atoms with Crippen LogP contribution in [0.4, 0.5) is 4.39 Å². The third-order valence-corrected chi connectivity index (χ3v) is 3.42. The Balaban J connectivity index is 2.02. The van der Waals surface area contributed by atoms with Crippen molar-refractivity contribution in [1.29, 1.82) is 0 Å². The van der Waals surface area contributed by atoms with Gasteiger partial charge in [-0.3, -0.25) is 0 Å². The lowest BCUT2D eigenvalue weighted by Gasteiger charge is -2.37. The predicted octanol–water partition coefficient (Wildman–Crippen LogP) is 1.39. The van der Waals surface area contributed by atoms with Crippen molar-refractivity contribution in [3.8, 4) is 0 Å². The van der Waals surface area contributed by atoms with E-state index in [4.69, 9.17) is 9.47 Å². The molecular formula is C12H14FNO2. The highest BCUT2D eigenvalue weighted by Gasteiger charge is 2.48. The average molecular weight is 223 g/mol. The maximum absolute atomic E-state index is 13.3. The monoisotopic (exact) mass is 223 g/mol. The van der Waals surface area contributed by atoms with Crippen LogP contribution in [0.5, 0.6) is 0 Å². The molecule has 2 aliphatic rings. The Morgan fingerprint density at radius 3 is 3.25 bits per heavy atom. The van der Waals surface area contributed by atoms with E-state index in [1.54, 1.807) is 12.1 Å². The second-order valence-electron chi connectivity index (χ2n) is 4.27. The van der Waals surface area contributed by atoms with Gasteiger partial charge in [-0.15, -0.1) is 0 Å². The third kappa shape index (κ3) is 1.45. The molecule has 16 heavy (non-hydrogen) atoms. The van der Waals surface area contributed by atoms with Gasteiger partial charge in [-0.05, 0) is 30.7 Å². The van der Waals surface area contributed by atoms with E-state index >= 15 is 0 Å². The van der Waals surface area contributed by atoms with Crippen molar-refractivity contribution in [3.05, 3.63) is 35.6 Å². The summed E-state index contributed by atoms with van der Waals surface area (Å²) in [5, 5.41) is 3.27. The molecule has 3 nitrogen and oxygen atoms in total. The minimum absolute atomic E-state index is 0.0111. The fraction of sp³-hybridized carbons (Fsp3) is 0.500. The molecule has 0 radical (unpaired) electrons. The van der Waals surface area contributed by atoms with Crippen molar-refractivity contribution in [2.75, 3.05) is 19.9 Å².